The van der Waals surface area contributed by atoms with Crippen molar-refractivity contribution in [2.75, 3.05) is 20.2 Å². The average molecular weight is 303 g/mol. The molecule has 0 saturated carbocycles. The smallest absolute Gasteiger partial charge is 0.258 e. The SMILES string of the molecule is COc1ccc2oc(C)c(C(=O)N3CCC(C)C(O)C3)c2c1. The first-order valence-electron chi connectivity index (χ1n) is 7.55. The molecule has 118 valence electrons. The summed E-state index contributed by atoms with van der Waals surface area (Å²) in [4.78, 5) is 14.6. The molecule has 0 bridgehead atoms. The highest BCUT2D eigenvalue weighted by atomic mass is 16.5. The van der Waals surface area contributed by atoms with Gasteiger partial charge in [0, 0.05) is 18.5 Å². The van der Waals surface area contributed by atoms with Crippen LogP contribution in [0, 0.1) is 12.8 Å². The van der Waals surface area contributed by atoms with Crippen LogP contribution in [0.4, 0.5) is 0 Å². The van der Waals surface area contributed by atoms with E-state index in [1.54, 1.807) is 18.9 Å². The number of aliphatic hydroxyl groups excluding tert-OH is 1. The van der Waals surface area contributed by atoms with Gasteiger partial charge in [-0.2, -0.15) is 0 Å². The van der Waals surface area contributed by atoms with E-state index >= 15 is 0 Å². The number of rotatable bonds is 2. The Labute approximate surface area is 129 Å². The molecule has 1 amide bonds. The predicted octanol–water partition coefficient (Wildman–Crippen LogP) is 2.59. The first-order valence-corrected chi connectivity index (χ1v) is 7.55. The van der Waals surface area contributed by atoms with Crippen LogP contribution in [0.1, 0.15) is 29.5 Å². The van der Waals surface area contributed by atoms with Gasteiger partial charge in [-0.15, -0.1) is 0 Å². The largest absolute Gasteiger partial charge is 0.497 e. The van der Waals surface area contributed by atoms with Crippen LogP contribution >= 0.6 is 0 Å². The molecule has 1 aromatic heterocycles. The van der Waals surface area contributed by atoms with Crippen LogP contribution in [-0.4, -0.2) is 42.2 Å². The number of fused-ring (bicyclic) bond motifs is 1. The second-order valence-corrected chi connectivity index (χ2v) is 5.98. The predicted molar refractivity (Wildman–Crippen MR) is 83.2 cm³/mol. The molecule has 0 radical (unpaired) electrons. The van der Waals surface area contributed by atoms with Crippen LogP contribution in [0.15, 0.2) is 22.6 Å². The van der Waals surface area contributed by atoms with Gasteiger partial charge in [-0.25, -0.2) is 0 Å². The monoisotopic (exact) mass is 303 g/mol. The topological polar surface area (TPSA) is 62.9 Å². The Balaban J connectivity index is 1.98. The van der Waals surface area contributed by atoms with Gasteiger partial charge in [-0.3, -0.25) is 4.79 Å². The van der Waals surface area contributed by atoms with E-state index in [-0.39, 0.29) is 11.8 Å². The van der Waals surface area contributed by atoms with Crippen LogP contribution in [-0.2, 0) is 0 Å². The molecule has 2 aromatic rings. The van der Waals surface area contributed by atoms with Gasteiger partial charge in [0.1, 0.15) is 17.1 Å². The lowest BCUT2D eigenvalue weighted by Crippen LogP contribution is -2.45. The molecule has 22 heavy (non-hydrogen) atoms. The minimum Gasteiger partial charge on any atom is -0.497 e. The number of benzene rings is 1. The van der Waals surface area contributed by atoms with Crippen LogP contribution < -0.4 is 4.74 Å². The summed E-state index contributed by atoms with van der Waals surface area (Å²) in [5, 5.41) is 10.8. The van der Waals surface area contributed by atoms with Gasteiger partial charge in [-0.1, -0.05) is 6.92 Å². The van der Waals surface area contributed by atoms with Gasteiger partial charge in [0.05, 0.1) is 18.8 Å². The molecule has 0 spiro atoms. The maximum atomic E-state index is 12.9. The third kappa shape index (κ3) is 2.46. The lowest BCUT2D eigenvalue weighted by molar-refractivity contribution is 0.0248. The Hall–Kier alpha value is -2.01. The summed E-state index contributed by atoms with van der Waals surface area (Å²) in [6.45, 7) is 4.84. The quantitative estimate of drug-likeness (QED) is 0.926. The number of carbonyl (C=O) groups is 1. The minimum atomic E-state index is -0.467. The Morgan fingerprint density at radius 2 is 2.23 bits per heavy atom. The number of β-amino-alcohol motifs (C(OH)–C–C–N with tert-alkyl or cyclic N) is 1. The molecule has 1 aliphatic heterocycles. The molecule has 1 saturated heterocycles. The number of methoxy groups -OCH3 is 1. The van der Waals surface area contributed by atoms with Gasteiger partial charge in [0.15, 0.2) is 0 Å². The number of amides is 1. The van der Waals surface area contributed by atoms with Gasteiger partial charge in [0.25, 0.3) is 5.91 Å². The molecule has 5 heteroatoms. The molecule has 5 nitrogen and oxygen atoms in total. The van der Waals surface area contributed by atoms with Crippen LogP contribution in [0.2, 0.25) is 0 Å². The molecular weight excluding hydrogens is 282 g/mol. The zero-order chi connectivity index (χ0) is 15.9. The summed E-state index contributed by atoms with van der Waals surface area (Å²) in [7, 11) is 1.60. The Morgan fingerprint density at radius 3 is 2.91 bits per heavy atom. The van der Waals surface area contributed by atoms with E-state index in [1.165, 1.54) is 0 Å². The van der Waals surface area contributed by atoms with E-state index in [1.807, 2.05) is 25.1 Å². The lowest BCUT2D eigenvalue weighted by Gasteiger charge is -2.34. The Morgan fingerprint density at radius 1 is 1.45 bits per heavy atom. The van der Waals surface area contributed by atoms with Crippen molar-refractivity contribution in [3.8, 4) is 5.75 Å². The van der Waals surface area contributed by atoms with Crippen molar-refractivity contribution in [2.45, 2.75) is 26.4 Å². The number of furan rings is 1. The normalized spacial score (nSPS) is 22.1. The van der Waals surface area contributed by atoms with Gasteiger partial charge >= 0.3 is 0 Å². The summed E-state index contributed by atoms with van der Waals surface area (Å²) < 4.78 is 10.9. The standard InChI is InChI=1S/C17H21NO4/c1-10-6-7-18(9-14(10)19)17(20)16-11(2)22-15-5-4-12(21-3)8-13(15)16/h4-5,8,10,14,19H,6-7,9H2,1-3H3. The number of ether oxygens (including phenoxy) is 1. The van der Waals surface area contributed by atoms with E-state index in [4.69, 9.17) is 9.15 Å². The highest BCUT2D eigenvalue weighted by molar-refractivity contribution is 6.07. The van der Waals surface area contributed by atoms with Crippen LogP contribution in [0.5, 0.6) is 5.75 Å². The number of likely N-dealkylation sites (tertiary alicyclic amines) is 1. The molecule has 3 rings (SSSR count). The lowest BCUT2D eigenvalue weighted by atomic mass is 9.95. The maximum Gasteiger partial charge on any atom is 0.258 e. The molecule has 0 aliphatic carbocycles. The van der Waals surface area contributed by atoms with Crippen LogP contribution in [0.25, 0.3) is 11.0 Å². The van der Waals surface area contributed by atoms with Crippen LogP contribution in [0.3, 0.4) is 0 Å². The Bertz CT molecular complexity index is 706. The molecule has 1 aliphatic rings. The van der Waals surface area contributed by atoms with E-state index < -0.39 is 6.10 Å². The molecule has 1 fully saturated rings. The zero-order valence-electron chi connectivity index (χ0n) is 13.1. The van der Waals surface area contributed by atoms with E-state index in [0.717, 1.165) is 11.8 Å². The number of piperidine rings is 1. The summed E-state index contributed by atoms with van der Waals surface area (Å²) >= 11 is 0. The number of aliphatic hydroxyl groups is 1. The summed E-state index contributed by atoms with van der Waals surface area (Å²) in [6, 6.07) is 5.44. The molecule has 2 unspecified atom stereocenters. The highest BCUT2D eigenvalue weighted by Crippen LogP contribution is 2.31. The van der Waals surface area contributed by atoms with Crippen molar-refractivity contribution in [2.24, 2.45) is 5.92 Å². The highest BCUT2D eigenvalue weighted by Gasteiger charge is 2.30. The van der Waals surface area contributed by atoms with Gasteiger partial charge < -0.3 is 19.2 Å². The number of carbonyl (C=O) groups excluding carboxylic acids is 1. The number of aryl methyl sites for hydroxylation is 1. The van der Waals surface area contributed by atoms with Gasteiger partial charge in [0.2, 0.25) is 0 Å². The molecule has 2 heterocycles. The first-order chi connectivity index (χ1) is 10.5. The fourth-order valence-corrected chi connectivity index (χ4v) is 2.98. The number of hydrogen-bond donors (Lipinski definition) is 1. The Kier molecular flexibility index (Phi) is 3.83. The number of hydrogen-bond acceptors (Lipinski definition) is 4. The summed E-state index contributed by atoms with van der Waals surface area (Å²) in [5.41, 5.74) is 1.24. The van der Waals surface area contributed by atoms with Crippen molar-refractivity contribution in [1.29, 1.82) is 0 Å². The van der Waals surface area contributed by atoms with E-state index in [2.05, 4.69) is 0 Å². The molecule has 1 aromatic carbocycles. The second-order valence-electron chi connectivity index (χ2n) is 5.98. The zero-order valence-corrected chi connectivity index (χ0v) is 13.1. The fourth-order valence-electron chi connectivity index (χ4n) is 2.98. The average Bonchev–Trinajstić information content (AvgIpc) is 2.84. The number of nitrogens with zero attached hydrogens (tertiary/aromatic N) is 1. The third-order valence-electron chi connectivity index (χ3n) is 4.49. The van der Waals surface area contributed by atoms with Crippen molar-refractivity contribution in [3.63, 3.8) is 0 Å². The van der Waals surface area contributed by atoms with Gasteiger partial charge in [-0.05, 0) is 37.5 Å². The summed E-state index contributed by atoms with van der Waals surface area (Å²) in [5.74, 6) is 1.43. The molecule has 2 atom stereocenters. The molecule has 1 N–H and O–H groups in total. The minimum absolute atomic E-state index is 0.0875. The maximum absolute atomic E-state index is 12.9. The van der Waals surface area contributed by atoms with E-state index in [0.29, 0.717) is 35.7 Å². The van der Waals surface area contributed by atoms with E-state index in [9.17, 15) is 9.90 Å². The van der Waals surface area contributed by atoms with Crippen molar-refractivity contribution < 1.29 is 19.1 Å². The van der Waals surface area contributed by atoms with Crippen molar-refractivity contribution in [3.05, 3.63) is 29.5 Å². The van der Waals surface area contributed by atoms with Crippen molar-refractivity contribution in [1.82, 2.24) is 4.90 Å². The van der Waals surface area contributed by atoms with Crippen molar-refractivity contribution >= 4 is 16.9 Å². The summed E-state index contributed by atoms with van der Waals surface area (Å²) in [6.07, 6.45) is 0.344. The fraction of sp³-hybridized carbons (Fsp3) is 0.471. The molecular formula is C17H21NO4. The second kappa shape index (κ2) is 5.65. The third-order valence-corrected chi connectivity index (χ3v) is 4.49. The first kappa shape index (κ1) is 14.9.